The second-order valence-electron chi connectivity index (χ2n) is 6.73. The van der Waals surface area contributed by atoms with Gasteiger partial charge in [-0.15, -0.1) is 11.8 Å². The number of ether oxygens (including phenoxy) is 2. The summed E-state index contributed by atoms with van der Waals surface area (Å²) in [7, 11) is 1.96. The van der Waals surface area contributed by atoms with Gasteiger partial charge in [-0.2, -0.15) is 5.10 Å². The summed E-state index contributed by atoms with van der Waals surface area (Å²) in [5.74, 6) is 2.65. The van der Waals surface area contributed by atoms with Crippen molar-refractivity contribution in [2.75, 3.05) is 25.5 Å². The van der Waals surface area contributed by atoms with E-state index in [1.54, 1.807) is 0 Å². The largest absolute Gasteiger partial charge is 0.490 e. The van der Waals surface area contributed by atoms with Gasteiger partial charge in [-0.3, -0.25) is 4.68 Å². The summed E-state index contributed by atoms with van der Waals surface area (Å²) < 4.78 is 13.4. The second-order valence-corrected chi connectivity index (χ2v) is 7.90. The van der Waals surface area contributed by atoms with Crippen LogP contribution in [0.4, 0.5) is 0 Å². The Hall–Kier alpha value is -2.44. The average Bonchev–Trinajstić information content (AvgIpc) is 2.94. The van der Waals surface area contributed by atoms with Crippen molar-refractivity contribution in [2.45, 2.75) is 17.9 Å². The molecule has 0 saturated carbocycles. The van der Waals surface area contributed by atoms with E-state index in [0.29, 0.717) is 13.2 Å². The Labute approximate surface area is 170 Å². The number of thioether (sulfide) groups is 1. The predicted molar refractivity (Wildman–Crippen MR) is 113 cm³/mol. The Morgan fingerprint density at radius 1 is 1.07 bits per heavy atom. The maximum atomic E-state index is 5.83. The fraction of sp³-hybridized carbons (Fsp3) is 0.318. The summed E-state index contributed by atoms with van der Waals surface area (Å²) in [6.45, 7) is 3.11. The third-order valence-corrected chi connectivity index (χ3v) is 5.55. The molecule has 1 aliphatic rings. The summed E-state index contributed by atoms with van der Waals surface area (Å²) >= 11 is 1.87. The summed E-state index contributed by atoms with van der Waals surface area (Å²) in [6, 6.07) is 16.6. The summed E-state index contributed by atoms with van der Waals surface area (Å²) in [6.07, 6.45) is 2.99. The van der Waals surface area contributed by atoms with E-state index in [1.165, 1.54) is 10.5 Å². The minimum atomic E-state index is 0.687. The quantitative estimate of drug-likeness (QED) is 0.481. The molecule has 0 bridgehead atoms. The highest BCUT2D eigenvalue weighted by molar-refractivity contribution is 7.99. The molecule has 146 valence electrons. The topological polar surface area (TPSA) is 48.3 Å². The van der Waals surface area contributed by atoms with Crippen LogP contribution in [0, 0.1) is 0 Å². The first-order valence-corrected chi connectivity index (χ1v) is 10.6. The van der Waals surface area contributed by atoms with Crippen LogP contribution in [0.3, 0.4) is 0 Å². The van der Waals surface area contributed by atoms with Crippen LogP contribution in [0.25, 0.3) is 11.3 Å². The highest BCUT2D eigenvalue weighted by Gasteiger charge is 2.15. The molecule has 2 aromatic carbocycles. The number of hydrogen-bond donors (Lipinski definition) is 1. The second kappa shape index (κ2) is 9.17. The maximum absolute atomic E-state index is 5.83. The van der Waals surface area contributed by atoms with Crippen molar-refractivity contribution in [1.82, 2.24) is 15.1 Å². The fourth-order valence-electron chi connectivity index (χ4n) is 3.20. The van der Waals surface area contributed by atoms with Crippen molar-refractivity contribution in [1.29, 1.82) is 0 Å². The number of aromatic nitrogens is 2. The van der Waals surface area contributed by atoms with Crippen LogP contribution in [-0.2, 0) is 13.6 Å². The maximum Gasteiger partial charge on any atom is 0.161 e. The molecule has 0 unspecified atom stereocenters. The van der Waals surface area contributed by atoms with Crippen molar-refractivity contribution in [2.24, 2.45) is 7.05 Å². The molecule has 0 saturated heterocycles. The van der Waals surface area contributed by atoms with E-state index in [2.05, 4.69) is 46.9 Å². The Balaban J connectivity index is 1.39. The molecule has 0 spiro atoms. The van der Waals surface area contributed by atoms with E-state index in [4.69, 9.17) is 9.47 Å². The molecule has 0 aliphatic carbocycles. The number of rotatable bonds is 7. The third kappa shape index (κ3) is 4.69. The summed E-state index contributed by atoms with van der Waals surface area (Å²) in [5.41, 5.74) is 3.23. The van der Waals surface area contributed by atoms with Crippen LogP contribution < -0.4 is 14.8 Å². The van der Waals surface area contributed by atoms with Gasteiger partial charge in [0.2, 0.25) is 0 Å². The van der Waals surface area contributed by atoms with Crippen LogP contribution in [0.1, 0.15) is 12.0 Å². The first kappa shape index (κ1) is 18.9. The van der Waals surface area contributed by atoms with Gasteiger partial charge >= 0.3 is 0 Å². The number of hydrogen-bond acceptors (Lipinski definition) is 5. The van der Waals surface area contributed by atoms with E-state index >= 15 is 0 Å². The summed E-state index contributed by atoms with van der Waals surface area (Å²) in [5, 5.41) is 8.21. The Kier molecular flexibility index (Phi) is 6.19. The lowest BCUT2D eigenvalue weighted by Crippen LogP contribution is -2.16. The minimum Gasteiger partial charge on any atom is -0.490 e. The van der Waals surface area contributed by atoms with E-state index in [0.717, 1.165) is 48.0 Å². The molecule has 3 aromatic rings. The number of nitrogens with one attached hydrogen (secondary N) is 1. The zero-order chi connectivity index (χ0) is 19.2. The van der Waals surface area contributed by atoms with Gasteiger partial charge < -0.3 is 14.8 Å². The van der Waals surface area contributed by atoms with Crippen LogP contribution >= 0.6 is 11.8 Å². The zero-order valence-corrected chi connectivity index (χ0v) is 16.9. The molecule has 1 aromatic heterocycles. The van der Waals surface area contributed by atoms with Crippen LogP contribution in [0.15, 0.2) is 59.6 Å². The fourth-order valence-corrected chi connectivity index (χ4v) is 4.03. The molecule has 1 N–H and O–H groups in total. The highest BCUT2D eigenvalue weighted by atomic mass is 32.2. The lowest BCUT2D eigenvalue weighted by molar-refractivity contribution is 0.297. The van der Waals surface area contributed by atoms with E-state index in [-0.39, 0.29) is 0 Å². The van der Waals surface area contributed by atoms with E-state index < -0.39 is 0 Å². The SMILES string of the molecule is Cn1cc(CNCCSc2ccccc2)c(-c2ccc3c(c2)OCCCO3)n1. The normalized spacial score (nSPS) is 13.3. The van der Waals surface area contributed by atoms with E-state index in [1.807, 2.05) is 41.7 Å². The molecule has 2 heterocycles. The van der Waals surface area contributed by atoms with Crippen LogP contribution in [-0.4, -0.2) is 35.3 Å². The van der Waals surface area contributed by atoms with Gasteiger partial charge in [0.25, 0.3) is 0 Å². The standard InChI is InChI=1S/C22H25N3O2S/c1-25-16-18(15-23-10-13-28-19-6-3-2-4-7-19)22(24-25)17-8-9-20-21(14-17)27-12-5-11-26-20/h2-4,6-9,14,16,23H,5,10-13,15H2,1H3. The number of nitrogens with zero attached hydrogens (tertiary/aromatic N) is 2. The van der Waals surface area contributed by atoms with Crippen molar-refractivity contribution in [3.8, 4) is 22.8 Å². The van der Waals surface area contributed by atoms with Crippen molar-refractivity contribution in [3.63, 3.8) is 0 Å². The van der Waals surface area contributed by atoms with Gasteiger partial charge in [0.15, 0.2) is 11.5 Å². The molecule has 5 nitrogen and oxygen atoms in total. The van der Waals surface area contributed by atoms with Crippen LogP contribution in [0.5, 0.6) is 11.5 Å². The van der Waals surface area contributed by atoms with Gasteiger partial charge in [-0.25, -0.2) is 0 Å². The molecule has 6 heteroatoms. The zero-order valence-electron chi connectivity index (χ0n) is 16.1. The highest BCUT2D eigenvalue weighted by Crippen LogP contribution is 2.34. The molecule has 28 heavy (non-hydrogen) atoms. The summed E-state index contributed by atoms with van der Waals surface area (Å²) in [4.78, 5) is 1.30. The first-order chi connectivity index (χ1) is 13.8. The lowest BCUT2D eigenvalue weighted by Gasteiger charge is -2.10. The Morgan fingerprint density at radius 3 is 2.75 bits per heavy atom. The molecule has 1 aliphatic heterocycles. The average molecular weight is 396 g/mol. The van der Waals surface area contributed by atoms with E-state index in [9.17, 15) is 0 Å². The number of fused-ring (bicyclic) bond motifs is 1. The van der Waals surface area contributed by atoms with Crippen molar-refractivity contribution < 1.29 is 9.47 Å². The molecule has 0 radical (unpaired) electrons. The molecule has 0 amide bonds. The number of aryl methyl sites for hydroxylation is 1. The van der Waals surface area contributed by atoms with Gasteiger partial charge in [-0.05, 0) is 30.3 Å². The lowest BCUT2D eigenvalue weighted by atomic mass is 10.1. The van der Waals surface area contributed by atoms with Crippen LogP contribution in [0.2, 0.25) is 0 Å². The third-order valence-electron chi connectivity index (χ3n) is 4.53. The minimum absolute atomic E-state index is 0.687. The van der Waals surface area contributed by atoms with Gasteiger partial charge in [-0.1, -0.05) is 18.2 Å². The molecular formula is C22H25N3O2S. The monoisotopic (exact) mass is 395 g/mol. The first-order valence-electron chi connectivity index (χ1n) is 9.61. The molecule has 4 rings (SSSR count). The molecule has 0 atom stereocenters. The predicted octanol–water partition coefficient (Wildman–Crippen LogP) is 4.13. The Morgan fingerprint density at radius 2 is 1.89 bits per heavy atom. The molecule has 0 fully saturated rings. The van der Waals surface area contributed by atoms with Gasteiger partial charge in [0.1, 0.15) is 0 Å². The van der Waals surface area contributed by atoms with Crippen molar-refractivity contribution in [3.05, 3.63) is 60.3 Å². The Bertz CT molecular complexity index is 911. The smallest absolute Gasteiger partial charge is 0.161 e. The van der Waals surface area contributed by atoms with Gasteiger partial charge in [0, 0.05) is 54.5 Å². The molecular weight excluding hydrogens is 370 g/mol. The number of benzene rings is 2. The van der Waals surface area contributed by atoms with Crippen molar-refractivity contribution >= 4 is 11.8 Å². The van der Waals surface area contributed by atoms with Gasteiger partial charge in [0.05, 0.1) is 18.9 Å².